The summed E-state index contributed by atoms with van der Waals surface area (Å²) in [5.41, 5.74) is 4.31. The predicted octanol–water partition coefficient (Wildman–Crippen LogP) is 5.11. The van der Waals surface area contributed by atoms with E-state index < -0.39 is 6.04 Å². The van der Waals surface area contributed by atoms with E-state index in [-0.39, 0.29) is 18.4 Å². The van der Waals surface area contributed by atoms with E-state index in [0.29, 0.717) is 23.6 Å². The number of carbonyl (C=O) groups is 2. The van der Waals surface area contributed by atoms with Crippen molar-refractivity contribution in [3.05, 3.63) is 119 Å². The van der Waals surface area contributed by atoms with Crippen LogP contribution in [0.5, 0.6) is 0 Å². The van der Waals surface area contributed by atoms with Crippen molar-refractivity contribution in [2.24, 2.45) is 0 Å². The number of nitrogens with one attached hydrogen (secondary N) is 1. The lowest BCUT2D eigenvalue weighted by Gasteiger charge is -2.31. The van der Waals surface area contributed by atoms with E-state index in [1.165, 1.54) is 21.0 Å². The van der Waals surface area contributed by atoms with Gasteiger partial charge in [-0.1, -0.05) is 78.4 Å². The smallest absolute Gasteiger partial charge is 0.251 e. The molecule has 2 amide bonds. The van der Waals surface area contributed by atoms with Gasteiger partial charge in [-0.3, -0.25) is 14.5 Å². The number of tetrazole rings is 1. The second-order valence-corrected chi connectivity index (χ2v) is 10.2. The summed E-state index contributed by atoms with van der Waals surface area (Å²) in [5, 5.41) is 17.6. The maximum atomic E-state index is 14.0. The molecular weight excluding hydrogens is 508 g/mol. The molecule has 0 aliphatic carbocycles. The molecule has 2 aromatic heterocycles. The molecule has 39 heavy (non-hydrogen) atoms. The summed E-state index contributed by atoms with van der Waals surface area (Å²) in [7, 11) is 0. The first-order chi connectivity index (χ1) is 19.0. The highest BCUT2D eigenvalue weighted by Gasteiger charge is 2.33. The first-order valence-electron chi connectivity index (χ1n) is 12.6. The molecule has 0 aliphatic rings. The molecule has 8 nitrogen and oxygen atoms in total. The SMILES string of the molecule is Cc1ccc([C@@H](C(=O)NCc2ccccc2)N(C(=O)Cn2nnc(-c3cccs3)n2)c2cccc(C)c2)cc1. The highest BCUT2D eigenvalue weighted by molar-refractivity contribution is 7.13. The lowest BCUT2D eigenvalue weighted by Crippen LogP contribution is -2.45. The fraction of sp³-hybridized carbons (Fsp3) is 0.167. The summed E-state index contributed by atoms with van der Waals surface area (Å²) in [5.74, 6) is -0.171. The summed E-state index contributed by atoms with van der Waals surface area (Å²) >= 11 is 1.50. The fourth-order valence-corrected chi connectivity index (χ4v) is 4.92. The number of aromatic nitrogens is 4. The molecule has 0 spiro atoms. The summed E-state index contributed by atoms with van der Waals surface area (Å²) in [4.78, 5) is 31.5. The number of anilines is 1. The predicted molar refractivity (Wildman–Crippen MR) is 152 cm³/mol. The fourth-order valence-electron chi connectivity index (χ4n) is 4.27. The van der Waals surface area contributed by atoms with Crippen molar-refractivity contribution in [1.82, 2.24) is 25.5 Å². The molecule has 5 rings (SSSR count). The van der Waals surface area contributed by atoms with Gasteiger partial charge in [-0.2, -0.15) is 4.80 Å². The van der Waals surface area contributed by atoms with Crippen LogP contribution in [0, 0.1) is 13.8 Å². The summed E-state index contributed by atoms with van der Waals surface area (Å²) in [6.45, 7) is 4.10. The van der Waals surface area contributed by atoms with Gasteiger partial charge in [-0.15, -0.1) is 21.5 Å². The Bertz CT molecular complexity index is 1550. The van der Waals surface area contributed by atoms with Crippen molar-refractivity contribution < 1.29 is 9.59 Å². The van der Waals surface area contributed by atoms with Gasteiger partial charge in [-0.05, 0) is 59.3 Å². The van der Waals surface area contributed by atoms with Crippen LogP contribution in [0.25, 0.3) is 10.7 Å². The van der Waals surface area contributed by atoms with Crippen molar-refractivity contribution in [3.63, 3.8) is 0 Å². The third-order valence-corrected chi connectivity index (χ3v) is 7.09. The quantitative estimate of drug-likeness (QED) is 0.283. The Morgan fingerprint density at radius 3 is 2.44 bits per heavy atom. The molecular formula is C30H28N6O2S. The van der Waals surface area contributed by atoms with Crippen LogP contribution in [-0.4, -0.2) is 32.0 Å². The highest BCUT2D eigenvalue weighted by atomic mass is 32.1. The van der Waals surface area contributed by atoms with Gasteiger partial charge in [0.25, 0.3) is 5.91 Å². The Morgan fingerprint density at radius 2 is 1.72 bits per heavy atom. The molecule has 9 heteroatoms. The lowest BCUT2D eigenvalue weighted by molar-refractivity contribution is -0.127. The van der Waals surface area contributed by atoms with Gasteiger partial charge in [0.05, 0.1) is 4.88 Å². The molecule has 0 bridgehead atoms. The molecule has 0 fully saturated rings. The maximum absolute atomic E-state index is 14.0. The van der Waals surface area contributed by atoms with Crippen molar-refractivity contribution >= 4 is 28.8 Å². The Balaban J connectivity index is 1.50. The minimum atomic E-state index is -0.913. The number of hydrogen-bond donors (Lipinski definition) is 1. The Kier molecular flexibility index (Phi) is 7.88. The molecule has 3 aromatic carbocycles. The topological polar surface area (TPSA) is 93.0 Å². The highest BCUT2D eigenvalue weighted by Crippen LogP contribution is 2.30. The maximum Gasteiger partial charge on any atom is 0.251 e. The molecule has 0 saturated heterocycles. The van der Waals surface area contributed by atoms with Gasteiger partial charge in [0.2, 0.25) is 11.7 Å². The molecule has 196 valence electrons. The molecule has 0 saturated carbocycles. The third-order valence-electron chi connectivity index (χ3n) is 6.23. The number of rotatable bonds is 9. The first-order valence-corrected chi connectivity index (χ1v) is 13.4. The van der Waals surface area contributed by atoms with Crippen LogP contribution in [0.3, 0.4) is 0 Å². The van der Waals surface area contributed by atoms with Gasteiger partial charge in [0.15, 0.2) is 0 Å². The van der Waals surface area contributed by atoms with Gasteiger partial charge in [0, 0.05) is 12.2 Å². The number of hydrogen-bond acceptors (Lipinski definition) is 6. The van der Waals surface area contributed by atoms with E-state index >= 15 is 0 Å². The number of nitrogens with zero attached hydrogens (tertiary/aromatic N) is 5. The molecule has 5 aromatic rings. The molecule has 1 atom stereocenters. The zero-order valence-corrected chi connectivity index (χ0v) is 22.5. The van der Waals surface area contributed by atoms with E-state index in [0.717, 1.165) is 21.6 Å². The minimum absolute atomic E-state index is 0.180. The molecule has 1 N–H and O–H groups in total. The van der Waals surface area contributed by atoms with Crippen LogP contribution in [0.1, 0.15) is 28.3 Å². The second-order valence-electron chi connectivity index (χ2n) is 9.24. The van der Waals surface area contributed by atoms with Crippen molar-refractivity contribution in [2.75, 3.05) is 4.90 Å². The number of aryl methyl sites for hydroxylation is 2. The second kappa shape index (κ2) is 11.8. The average Bonchev–Trinajstić information content (AvgIpc) is 3.64. The summed E-state index contributed by atoms with van der Waals surface area (Å²) < 4.78 is 0. The number of thiophene rings is 1. The molecule has 2 heterocycles. The Hall–Kier alpha value is -4.63. The van der Waals surface area contributed by atoms with Crippen molar-refractivity contribution in [3.8, 4) is 10.7 Å². The van der Waals surface area contributed by atoms with Crippen LogP contribution in [0.2, 0.25) is 0 Å². The van der Waals surface area contributed by atoms with Crippen LogP contribution in [0.4, 0.5) is 5.69 Å². The van der Waals surface area contributed by atoms with E-state index in [1.54, 1.807) is 0 Å². The van der Waals surface area contributed by atoms with Crippen molar-refractivity contribution in [1.29, 1.82) is 0 Å². The minimum Gasteiger partial charge on any atom is -0.350 e. The van der Waals surface area contributed by atoms with Gasteiger partial charge >= 0.3 is 0 Å². The largest absolute Gasteiger partial charge is 0.350 e. The monoisotopic (exact) mass is 536 g/mol. The van der Waals surface area contributed by atoms with Crippen LogP contribution in [-0.2, 0) is 22.7 Å². The molecule has 0 unspecified atom stereocenters. The van der Waals surface area contributed by atoms with E-state index in [2.05, 4.69) is 20.7 Å². The zero-order valence-electron chi connectivity index (χ0n) is 21.7. The van der Waals surface area contributed by atoms with Crippen LogP contribution >= 0.6 is 11.3 Å². The van der Waals surface area contributed by atoms with Gasteiger partial charge < -0.3 is 5.32 Å². The first kappa shape index (κ1) is 26.0. The van der Waals surface area contributed by atoms with Crippen LogP contribution < -0.4 is 10.2 Å². The van der Waals surface area contributed by atoms with Gasteiger partial charge in [-0.25, -0.2) is 0 Å². The average molecular weight is 537 g/mol. The van der Waals surface area contributed by atoms with Crippen molar-refractivity contribution in [2.45, 2.75) is 33.0 Å². The lowest BCUT2D eigenvalue weighted by atomic mass is 10.0. The standard InChI is InChI=1S/C30H28N6O2S/c1-21-13-15-24(16-14-21)28(30(38)31-19-23-9-4-3-5-10-23)36(25-11-6-8-22(2)18-25)27(37)20-35-33-29(32-34-35)26-12-7-17-39-26/h3-18,28H,19-20H2,1-2H3,(H,31,38)/t28-/m0/s1. The van der Waals surface area contributed by atoms with Gasteiger partial charge in [0.1, 0.15) is 12.6 Å². The van der Waals surface area contributed by atoms with E-state index in [4.69, 9.17) is 0 Å². The molecule has 0 radical (unpaired) electrons. The Morgan fingerprint density at radius 1 is 0.923 bits per heavy atom. The summed E-state index contributed by atoms with van der Waals surface area (Å²) in [6, 6.07) is 27.8. The van der Waals surface area contributed by atoms with E-state index in [1.807, 2.05) is 110 Å². The summed E-state index contributed by atoms with van der Waals surface area (Å²) in [6.07, 6.45) is 0. The zero-order chi connectivity index (χ0) is 27.2. The number of benzene rings is 3. The molecule has 0 aliphatic heterocycles. The third kappa shape index (κ3) is 6.27. The number of amides is 2. The normalized spacial score (nSPS) is 11.6. The van der Waals surface area contributed by atoms with Crippen LogP contribution in [0.15, 0.2) is 96.4 Å². The Labute approximate surface area is 230 Å². The van der Waals surface area contributed by atoms with E-state index in [9.17, 15) is 9.59 Å². The number of carbonyl (C=O) groups excluding carboxylic acids is 2.